The number of amides is 1. The van der Waals surface area contributed by atoms with Gasteiger partial charge in [-0.3, -0.25) is 14.3 Å². The van der Waals surface area contributed by atoms with E-state index < -0.39 is 0 Å². The Bertz CT molecular complexity index is 1120. The Hall–Kier alpha value is -3.41. The van der Waals surface area contributed by atoms with E-state index in [1.165, 1.54) is 0 Å². The van der Waals surface area contributed by atoms with E-state index in [1.54, 1.807) is 0 Å². The van der Waals surface area contributed by atoms with Gasteiger partial charge in [0.1, 0.15) is 11.5 Å². The van der Waals surface area contributed by atoms with Gasteiger partial charge in [-0.2, -0.15) is 5.10 Å². The van der Waals surface area contributed by atoms with Gasteiger partial charge in [-0.15, -0.1) is 0 Å². The molecule has 6 heteroatoms. The number of rotatable bonds is 7. The molecule has 0 unspecified atom stereocenters. The van der Waals surface area contributed by atoms with Gasteiger partial charge in [0.05, 0.1) is 5.69 Å². The molecular weight excluding hydrogens is 414 g/mol. The Morgan fingerprint density at radius 2 is 1.73 bits per heavy atom. The first kappa shape index (κ1) is 22.8. The molecule has 172 valence electrons. The molecule has 2 heterocycles. The van der Waals surface area contributed by atoms with E-state index in [4.69, 9.17) is 4.74 Å². The smallest absolute Gasteiger partial charge is 0.222 e. The molecule has 3 aromatic rings. The van der Waals surface area contributed by atoms with Crippen LogP contribution in [0.3, 0.4) is 0 Å². The summed E-state index contributed by atoms with van der Waals surface area (Å²) in [5.74, 6) is 1.50. The lowest BCUT2D eigenvalue weighted by atomic mass is 9.89. The van der Waals surface area contributed by atoms with Crippen molar-refractivity contribution in [3.05, 3.63) is 77.1 Å². The molecule has 1 saturated heterocycles. The maximum atomic E-state index is 13.1. The number of hydrogen-bond acceptors (Lipinski definition) is 4. The number of aryl methyl sites for hydroxylation is 2. The highest BCUT2D eigenvalue weighted by Gasteiger charge is 2.29. The molecule has 1 atom stereocenters. The summed E-state index contributed by atoms with van der Waals surface area (Å²) in [5.41, 5.74) is 3.89. The second-order valence-corrected chi connectivity index (χ2v) is 8.76. The SMILES string of the molecule is Cc1nn(C)c(C)c1CCC(=O)N1CCC[C@@H](C(=O)c2ccc(Oc3ccccc3)cc2)C1. The zero-order valence-corrected chi connectivity index (χ0v) is 19.6. The average Bonchev–Trinajstić information content (AvgIpc) is 3.08. The first-order valence-corrected chi connectivity index (χ1v) is 11.6. The number of aromatic nitrogens is 2. The summed E-state index contributed by atoms with van der Waals surface area (Å²) in [7, 11) is 1.93. The fraction of sp³-hybridized carbons (Fsp3) is 0.370. The monoisotopic (exact) mass is 445 g/mol. The Labute approximate surface area is 195 Å². The minimum atomic E-state index is -0.162. The number of likely N-dealkylation sites (tertiary alicyclic amines) is 1. The van der Waals surface area contributed by atoms with Gasteiger partial charge < -0.3 is 9.64 Å². The van der Waals surface area contributed by atoms with Crippen molar-refractivity contribution in [2.24, 2.45) is 13.0 Å². The Kier molecular flexibility index (Phi) is 6.92. The number of piperidine rings is 1. The minimum absolute atomic E-state index is 0.0951. The van der Waals surface area contributed by atoms with Crippen LogP contribution in [-0.4, -0.2) is 39.5 Å². The largest absolute Gasteiger partial charge is 0.457 e. The normalized spacial score (nSPS) is 16.0. The highest BCUT2D eigenvalue weighted by Crippen LogP contribution is 2.25. The second kappa shape index (κ2) is 10.0. The van der Waals surface area contributed by atoms with Crippen LogP contribution in [0, 0.1) is 19.8 Å². The molecule has 6 nitrogen and oxygen atoms in total. The predicted molar refractivity (Wildman–Crippen MR) is 128 cm³/mol. The Balaban J connectivity index is 1.34. The van der Waals surface area contributed by atoms with Crippen LogP contribution in [-0.2, 0) is 18.3 Å². The number of para-hydroxylation sites is 1. The molecule has 0 N–H and O–H groups in total. The lowest BCUT2D eigenvalue weighted by molar-refractivity contribution is -0.132. The minimum Gasteiger partial charge on any atom is -0.457 e. The third-order valence-electron chi connectivity index (χ3n) is 6.51. The molecule has 1 aromatic heterocycles. The van der Waals surface area contributed by atoms with Gasteiger partial charge in [-0.05, 0) is 75.1 Å². The predicted octanol–water partition coefficient (Wildman–Crippen LogP) is 4.88. The van der Waals surface area contributed by atoms with Gasteiger partial charge in [-0.1, -0.05) is 18.2 Å². The molecular formula is C27H31N3O3. The maximum absolute atomic E-state index is 13.1. The number of ketones is 1. The van der Waals surface area contributed by atoms with Gasteiger partial charge in [0.2, 0.25) is 5.91 Å². The zero-order valence-electron chi connectivity index (χ0n) is 19.6. The summed E-state index contributed by atoms with van der Waals surface area (Å²) >= 11 is 0. The quantitative estimate of drug-likeness (QED) is 0.486. The van der Waals surface area contributed by atoms with Crippen molar-refractivity contribution in [3.63, 3.8) is 0 Å². The van der Waals surface area contributed by atoms with Crippen LogP contribution >= 0.6 is 0 Å². The van der Waals surface area contributed by atoms with Crippen LogP contribution in [0.25, 0.3) is 0 Å². The number of ether oxygens (including phenoxy) is 1. The van der Waals surface area contributed by atoms with Crippen LogP contribution in [0.1, 0.15) is 46.6 Å². The Morgan fingerprint density at radius 3 is 2.39 bits per heavy atom. The summed E-state index contributed by atoms with van der Waals surface area (Å²) < 4.78 is 7.68. The average molecular weight is 446 g/mol. The number of benzene rings is 2. The fourth-order valence-corrected chi connectivity index (χ4v) is 4.53. The van der Waals surface area contributed by atoms with E-state index in [2.05, 4.69) is 5.10 Å². The van der Waals surface area contributed by atoms with Crippen molar-refractivity contribution in [2.45, 2.75) is 39.5 Å². The summed E-state index contributed by atoms with van der Waals surface area (Å²) in [5, 5.41) is 4.44. The molecule has 1 aliphatic heterocycles. The number of hydrogen-bond donors (Lipinski definition) is 0. The number of carbonyl (C=O) groups excluding carboxylic acids is 2. The van der Waals surface area contributed by atoms with Gasteiger partial charge >= 0.3 is 0 Å². The lowest BCUT2D eigenvalue weighted by Crippen LogP contribution is -2.42. The lowest BCUT2D eigenvalue weighted by Gasteiger charge is -2.32. The fourth-order valence-electron chi connectivity index (χ4n) is 4.53. The van der Waals surface area contributed by atoms with Crippen LogP contribution in [0.5, 0.6) is 11.5 Å². The number of nitrogens with zero attached hydrogens (tertiary/aromatic N) is 3. The molecule has 2 aromatic carbocycles. The standard InChI is InChI=1S/C27H31N3O3/c1-19-25(20(2)29(3)28-19)15-16-26(31)30-17-7-8-22(18-30)27(32)21-11-13-24(14-12-21)33-23-9-5-4-6-10-23/h4-6,9-14,22H,7-8,15-18H2,1-3H3/t22-/m1/s1. The van der Waals surface area contributed by atoms with E-state index in [0.717, 1.165) is 42.1 Å². The summed E-state index contributed by atoms with van der Waals surface area (Å²) in [4.78, 5) is 27.9. The molecule has 0 saturated carbocycles. The van der Waals surface area contributed by atoms with Gasteiger partial charge in [-0.25, -0.2) is 0 Å². The first-order chi connectivity index (χ1) is 15.9. The molecule has 1 fully saturated rings. The third-order valence-corrected chi connectivity index (χ3v) is 6.51. The zero-order chi connectivity index (χ0) is 23.4. The van der Waals surface area contributed by atoms with Crippen LogP contribution in [0.2, 0.25) is 0 Å². The van der Waals surface area contributed by atoms with Crippen LogP contribution in [0.4, 0.5) is 0 Å². The van der Waals surface area contributed by atoms with Crippen molar-refractivity contribution < 1.29 is 14.3 Å². The topological polar surface area (TPSA) is 64.4 Å². The molecule has 4 rings (SSSR count). The Morgan fingerprint density at radius 1 is 1.03 bits per heavy atom. The van der Waals surface area contributed by atoms with Gasteiger partial charge in [0.25, 0.3) is 0 Å². The molecule has 1 amide bonds. The summed E-state index contributed by atoms with van der Waals surface area (Å²) in [6.07, 6.45) is 2.79. The van der Waals surface area contributed by atoms with E-state index >= 15 is 0 Å². The van der Waals surface area contributed by atoms with Gasteiger partial charge in [0, 0.05) is 43.7 Å². The number of carbonyl (C=O) groups is 2. The van der Waals surface area contributed by atoms with E-state index in [0.29, 0.717) is 30.7 Å². The van der Waals surface area contributed by atoms with Crippen molar-refractivity contribution in [1.29, 1.82) is 0 Å². The van der Waals surface area contributed by atoms with Gasteiger partial charge in [0.15, 0.2) is 5.78 Å². The molecule has 0 spiro atoms. The summed E-state index contributed by atoms with van der Waals surface area (Å²) in [6, 6.07) is 16.8. The first-order valence-electron chi connectivity index (χ1n) is 11.6. The molecule has 0 aliphatic carbocycles. The van der Waals surface area contributed by atoms with E-state index in [-0.39, 0.29) is 17.6 Å². The van der Waals surface area contributed by atoms with Crippen LogP contribution in [0.15, 0.2) is 54.6 Å². The van der Waals surface area contributed by atoms with E-state index in [9.17, 15) is 9.59 Å². The highest BCUT2D eigenvalue weighted by molar-refractivity contribution is 5.98. The highest BCUT2D eigenvalue weighted by atomic mass is 16.5. The molecule has 0 bridgehead atoms. The maximum Gasteiger partial charge on any atom is 0.222 e. The summed E-state index contributed by atoms with van der Waals surface area (Å²) in [6.45, 7) is 5.23. The van der Waals surface area contributed by atoms with Crippen molar-refractivity contribution in [3.8, 4) is 11.5 Å². The second-order valence-electron chi connectivity index (χ2n) is 8.76. The van der Waals surface area contributed by atoms with Crippen molar-refractivity contribution >= 4 is 11.7 Å². The number of Topliss-reactive ketones (excluding diaryl/α,β-unsaturated/α-hetero) is 1. The van der Waals surface area contributed by atoms with Crippen LogP contribution < -0.4 is 4.74 Å². The molecule has 0 radical (unpaired) electrons. The molecule has 1 aliphatic rings. The molecule has 33 heavy (non-hydrogen) atoms. The van der Waals surface area contributed by atoms with E-state index in [1.807, 2.05) is 85.1 Å². The third kappa shape index (κ3) is 5.33. The van der Waals surface area contributed by atoms with Crippen molar-refractivity contribution in [2.75, 3.05) is 13.1 Å². The van der Waals surface area contributed by atoms with Crippen molar-refractivity contribution in [1.82, 2.24) is 14.7 Å².